The lowest BCUT2D eigenvalue weighted by Gasteiger charge is -2.12. The van der Waals surface area contributed by atoms with Gasteiger partial charge in [0, 0.05) is 29.2 Å². The van der Waals surface area contributed by atoms with E-state index in [4.69, 9.17) is 10.5 Å². The zero-order chi connectivity index (χ0) is 12.6. The summed E-state index contributed by atoms with van der Waals surface area (Å²) in [6, 6.07) is 6.62. The molecule has 0 amide bonds. The quantitative estimate of drug-likeness (QED) is 0.883. The minimum atomic E-state index is 0.436. The van der Waals surface area contributed by atoms with Crippen molar-refractivity contribution in [2.45, 2.75) is 33.4 Å². The van der Waals surface area contributed by atoms with Crippen molar-refractivity contribution in [2.24, 2.45) is 5.73 Å². The third-order valence-corrected chi connectivity index (χ3v) is 3.31. The Morgan fingerprint density at radius 2 is 2.06 bits per heavy atom. The van der Waals surface area contributed by atoms with Gasteiger partial charge in [-0.15, -0.1) is 0 Å². The Balaban J connectivity index is 2.80. The summed E-state index contributed by atoms with van der Waals surface area (Å²) in [5.41, 5.74) is 9.57. The van der Waals surface area contributed by atoms with Crippen molar-refractivity contribution in [1.29, 1.82) is 0 Å². The minimum absolute atomic E-state index is 0.436. The number of aromatic nitrogens is 1. The van der Waals surface area contributed by atoms with Crippen LogP contribution >= 0.6 is 0 Å². The molecule has 0 bridgehead atoms. The Morgan fingerprint density at radius 1 is 1.35 bits per heavy atom. The molecule has 1 aromatic heterocycles. The van der Waals surface area contributed by atoms with Gasteiger partial charge in [-0.05, 0) is 44.5 Å². The van der Waals surface area contributed by atoms with E-state index in [1.54, 1.807) is 7.11 Å². The van der Waals surface area contributed by atoms with Gasteiger partial charge in [0.25, 0.3) is 0 Å². The highest BCUT2D eigenvalue weighted by atomic mass is 16.5. The standard InChI is InChI=1S/C14H20N2O/c1-9(2)16-10(3)13(8-15)12-7-11(17-4)5-6-14(12)16/h5-7,9H,8,15H2,1-4H3. The molecule has 2 aromatic rings. The van der Waals surface area contributed by atoms with Crippen molar-refractivity contribution in [3.8, 4) is 5.75 Å². The highest BCUT2D eigenvalue weighted by molar-refractivity contribution is 5.87. The average Bonchev–Trinajstić information content (AvgIpc) is 2.59. The average molecular weight is 232 g/mol. The first-order chi connectivity index (χ1) is 8.10. The first-order valence-electron chi connectivity index (χ1n) is 5.97. The zero-order valence-electron chi connectivity index (χ0n) is 10.9. The van der Waals surface area contributed by atoms with Crippen LogP contribution in [0.3, 0.4) is 0 Å². The highest BCUT2D eigenvalue weighted by Crippen LogP contribution is 2.31. The van der Waals surface area contributed by atoms with E-state index in [9.17, 15) is 0 Å². The van der Waals surface area contributed by atoms with E-state index in [1.807, 2.05) is 6.07 Å². The van der Waals surface area contributed by atoms with Crippen molar-refractivity contribution in [3.63, 3.8) is 0 Å². The summed E-state index contributed by atoms with van der Waals surface area (Å²) in [6.45, 7) is 7.08. The van der Waals surface area contributed by atoms with Gasteiger partial charge >= 0.3 is 0 Å². The fourth-order valence-electron chi connectivity index (χ4n) is 2.54. The molecular formula is C14H20N2O. The summed E-state index contributed by atoms with van der Waals surface area (Å²) in [5, 5.41) is 1.21. The molecule has 0 unspecified atom stereocenters. The lowest BCUT2D eigenvalue weighted by molar-refractivity contribution is 0.415. The Bertz CT molecular complexity index is 541. The predicted octanol–water partition coefficient (Wildman–Crippen LogP) is 3.00. The third-order valence-electron chi connectivity index (χ3n) is 3.31. The smallest absolute Gasteiger partial charge is 0.119 e. The number of rotatable bonds is 3. The number of fused-ring (bicyclic) bond motifs is 1. The molecule has 92 valence electrons. The first kappa shape index (κ1) is 12.0. The highest BCUT2D eigenvalue weighted by Gasteiger charge is 2.15. The maximum Gasteiger partial charge on any atom is 0.119 e. The van der Waals surface area contributed by atoms with Gasteiger partial charge in [-0.2, -0.15) is 0 Å². The van der Waals surface area contributed by atoms with Crippen molar-refractivity contribution in [3.05, 3.63) is 29.5 Å². The van der Waals surface area contributed by atoms with Crippen LogP contribution in [-0.4, -0.2) is 11.7 Å². The van der Waals surface area contributed by atoms with Crippen molar-refractivity contribution >= 4 is 10.9 Å². The van der Waals surface area contributed by atoms with Crippen LogP contribution in [-0.2, 0) is 6.54 Å². The van der Waals surface area contributed by atoms with Crippen LogP contribution in [0, 0.1) is 6.92 Å². The van der Waals surface area contributed by atoms with Crippen LogP contribution in [0.5, 0.6) is 5.75 Å². The second-order valence-electron chi connectivity index (χ2n) is 4.61. The van der Waals surface area contributed by atoms with E-state index >= 15 is 0 Å². The number of nitrogens with zero attached hydrogens (tertiary/aromatic N) is 1. The summed E-state index contributed by atoms with van der Waals surface area (Å²) >= 11 is 0. The molecule has 1 heterocycles. The summed E-state index contributed by atoms with van der Waals surface area (Å²) in [5.74, 6) is 0.883. The lowest BCUT2D eigenvalue weighted by Crippen LogP contribution is -2.04. The molecule has 0 aliphatic carbocycles. The van der Waals surface area contributed by atoms with Gasteiger partial charge in [0.15, 0.2) is 0 Å². The number of hydrogen-bond donors (Lipinski definition) is 1. The lowest BCUT2D eigenvalue weighted by atomic mass is 10.1. The van der Waals surface area contributed by atoms with Crippen LogP contribution < -0.4 is 10.5 Å². The Hall–Kier alpha value is -1.48. The van der Waals surface area contributed by atoms with Gasteiger partial charge in [-0.1, -0.05) is 0 Å². The molecule has 0 spiro atoms. The van der Waals surface area contributed by atoms with E-state index in [2.05, 4.69) is 37.5 Å². The van der Waals surface area contributed by atoms with Crippen molar-refractivity contribution in [1.82, 2.24) is 4.57 Å². The molecule has 2 N–H and O–H groups in total. The predicted molar refractivity (Wildman–Crippen MR) is 71.5 cm³/mol. The number of ether oxygens (including phenoxy) is 1. The zero-order valence-corrected chi connectivity index (χ0v) is 10.9. The normalized spacial score (nSPS) is 11.4. The van der Waals surface area contributed by atoms with Gasteiger partial charge in [-0.25, -0.2) is 0 Å². The maximum absolute atomic E-state index is 5.87. The first-order valence-corrected chi connectivity index (χ1v) is 5.97. The number of benzene rings is 1. The summed E-state index contributed by atoms with van der Waals surface area (Å²) in [4.78, 5) is 0. The van der Waals surface area contributed by atoms with E-state index in [1.165, 1.54) is 22.2 Å². The fourth-order valence-corrected chi connectivity index (χ4v) is 2.54. The van der Waals surface area contributed by atoms with E-state index in [0.29, 0.717) is 12.6 Å². The number of hydrogen-bond acceptors (Lipinski definition) is 2. The summed E-state index contributed by atoms with van der Waals surface area (Å²) in [6.07, 6.45) is 0. The van der Waals surface area contributed by atoms with E-state index in [0.717, 1.165) is 5.75 Å². The van der Waals surface area contributed by atoms with Crippen LogP contribution in [0.15, 0.2) is 18.2 Å². The van der Waals surface area contributed by atoms with Crippen LogP contribution in [0.4, 0.5) is 0 Å². The molecule has 3 heteroatoms. The fraction of sp³-hybridized carbons (Fsp3) is 0.429. The van der Waals surface area contributed by atoms with Gasteiger partial charge in [0.05, 0.1) is 7.11 Å². The van der Waals surface area contributed by atoms with Crippen LogP contribution in [0.1, 0.15) is 31.1 Å². The second kappa shape index (κ2) is 4.41. The SMILES string of the molecule is COc1ccc2c(c1)c(CN)c(C)n2C(C)C. The molecule has 2 rings (SSSR count). The summed E-state index contributed by atoms with van der Waals surface area (Å²) in [7, 11) is 1.69. The molecule has 0 saturated heterocycles. The summed E-state index contributed by atoms with van der Waals surface area (Å²) < 4.78 is 7.61. The Morgan fingerprint density at radius 3 is 2.59 bits per heavy atom. The van der Waals surface area contributed by atoms with E-state index in [-0.39, 0.29) is 0 Å². The third kappa shape index (κ3) is 1.80. The molecule has 1 aromatic carbocycles. The van der Waals surface area contributed by atoms with Gasteiger partial charge in [0.2, 0.25) is 0 Å². The molecule has 0 aliphatic heterocycles. The molecule has 17 heavy (non-hydrogen) atoms. The Labute approximate surface area is 102 Å². The molecule has 3 nitrogen and oxygen atoms in total. The molecule has 0 radical (unpaired) electrons. The Kier molecular flexibility index (Phi) is 3.11. The van der Waals surface area contributed by atoms with Gasteiger partial charge in [0.1, 0.15) is 5.75 Å². The van der Waals surface area contributed by atoms with Crippen LogP contribution in [0.2, 0.25) is 0 Å². The minimum Gasteiger partial charge on any atom is -0.497 e. The second-order valence-corrected chi connectivity index (χ2v) is 4.61. The topological polar surface area (TPSA) is 40.2 Å². The number of nitrogens with two attached hydrogens (primary N) is 1. The van der Waals surface area contributed by atoms with E-state index < -0.39 is 0 Å². The number of methoxy groups -OCH3 is 1. The van der Waals surface area contributed by atoms with Gasteiger partial charge < -0.3 is 15.0 Å². The molecule has 0 fully saturated rings. The largest absolute Gasteiger partial charge is 0.497 e. The molecular weight excluding hydrogens is 212 g/mol. The molecule has 0 atom stereocenters. The maximum atomic E-state index is 5.87. The van der Waals surface area contributed by atoms with Gasteiger partial charge in [-0.3, -0.25) is 0 Å². The van der Waals surface area contributed by atoms with Crippen LogP contribution in [0.25, 0.3) is 10.9 Å². The van der Waals surface area contributed by atoms with Crippen molar-refractivity contribution in [2.75, 3.05) is 7.11 Å². The monoisotopic (exact) mass is 232 g/mol. The van der Waals surface area contributed by atoms with Crippen molar-refractivity contribution < 1.29 is 4.74 Å². The molecule has 0 saturated carbocycles. The molecule has 0 aliphatic rings.